The van der Waals surface area contributed by atoms with Gasteiger partial charge in [0.1, 0.15) is 11.1 Å². The molecular weight excluding hydrogens is 350 g/mol. The molecule has 3 aromatic rings. The van der Waals surface area contributed by atoms with Crippen molar-refractivity contribution >= 4 is 23.0 Å². The first-order chi connectivity index (χ1) is 13.1. The molecule has 4 heteroatoms. The van der Waals surface area contributed by atoms with E-state index in [0.717, 1.165) is 40.5 Å². The number of aryl methyl sites for hydroxylation is 2. The second-order valence-electron chi connectivity index (χ2n) is 7.40. The van der Waals surface area contributed by atoms with Crippen LogP contribution in [0.15, 0.2) is 36.4 Å². The van der Waals surface area contributed by atoms with Crippen LogP contribution in [0.5, 0.6) is 0 Å². The van der Waals surface area contributed by atoms with E-state index in [-0.39, 0.29) is 0 Å². The Kier molecular flexibility index (Phi) is 4.72. The number of hydrogen-bond donors (Lipinski definition) is 0. The van der Waals surface area contributed by atoms with E-state index >= 15 is 0 Å². The molecule has 4 rings (SSSR count). The van der Waals surface area contributed by atoms with Crippen molar-refractivity contribution in [3.63, 3.8) is 0 Å². The fourth-order valence-electron chi connectivity index (χ4n) is 3.86. The Bertz CT molecular complexity index is 1050. The molecular formula is C23H23N3S. The number of allylic oxidation sites excluding steroid dienone is 1. The Hall–Kier alpha value is -2.64. The molecule has 2 heterocycles. The number of nitriles is 1. The Labute approximate surface area is 164 Å². The maximum Gasteiger partial charge on any atom is 0.134 e. The van der Waals surface area contributed by atoms with E-state index in [0.29, 0.717) is 11.5 Å². The monoisotopic (exact) mass is 373 g/mol. The van der Waals surface area contributed by atoms with Crippen LogP contribution < -0.4 is 0 Å². The molecule has 1 aromatic carbocycles. The third-order valence-corrected chi connectivity index (χ3v) is 6.47. The third-order valence-electron chi connectivity index (χ3n) is 5.32. The molecule has 0 spiro atoms. The number of thiazole rings is 1. The fraction of sp³-hybridized carbons (Fsp3) is 0.304. The van der Waals surface area contributed by atoms with Gasteiger partial charge >= 0.3 is 0 Å². The average molecular weight is 374 g/mol. The average Bonchev–Trinajstić information content (AvgIpc) is 3.20. The van der Waals surface area contributed by atoms with Crippen molar-refractivity contribution in [2.75, 3.05) is 0 Å². The van der Waals surface area contributed by atoms with Crippen LogP contribution in [0.3, 0.4) is 0 Å². The van der Waals surface area contributed by atoms with Crippen LogP contribution >= 0.6 is 11.3 Å². The van der Waals surface area contributed by atoms with Crippen molar-refractivity contribution in [3.05, 3.63) is 68.9 Å². The maximum atomic E-state index is 9.78. The van der Waals surface area contributed by atoms with E-state index in [1.807, 2.05) is 24.3 Å². The van der Waals surface area contributed by atoms with Crippen LogP contribution in [0.25, 0.3) is 17.3 Å². The first-order valence-electron chi connectivity index (χ1n) is 9.42. The predicted octanol–water partition coefficient (Wildman–Crippen LogP) is 5.74. The maximum absolute atomic E-state index is 9.78. The molecule has 27 heavy (non-hydrogen) atoms. The fourth-order valence-corrected chi connectivity index (χ4v) is 5.10. The van der Waals surface area contributed by atoms with Crippen molar-refractivity contribution in [2.45, 2.75) is 40.0 Å². The van der Waals surface area contributed by atoms with Gasteiger partial charge in [0.15, 0.2) is 0 Å². The Morgan fingerprint density at radius 3 is 2.81 bits per heavy atom. The summed E-state index contributed by atoms with van der Waals surface area (Å²) in [5.74, 6) is 0.713. The molecule has 0 fully saturated rings. The molecule has 2 aromatic heterocycles. The standard InChI is InChI=1S/C23H23N3S/c1-15-9-10-21-22(11-15)27-23(25-21)19(14-24)13-18-12-16(2)26(17(18)3)20-7-5-4-6-8-20/h4-8,12-13,15H,9-11H2,1-3H3/b19-13+/t15-/m1/s1. The second-order valence-corrected chi connectivity index (χ2v) is 8.49. The quantitative estimate of drug-likeness (QED) is 0.549. The number of rotatable bonds is 3. The smallest absolute Gasteiger partial charge is 0.134 e. The van der Waals surface area contributed by atoms with E-state index in [1.54, 1.807) is 11.3 Å². The van der Waals surface area contributed by atoms with Crippen molar-refractivity contribution in [3.8, 4) is 11.8 Å². The van der Waals surface area contributed by atoms with Gasteiger partial charge < -0.3 is 4.57 Å². The molecule has 3 nitrogen and oxygen atoms in total. The molecule has 0 radical (unpaired) electrons. The van der Waals surface area contributed by atoms with Gasteiger partial charge in [0, 0.05) is 22.0 Å². The number of hydrogen-bond acceptors (Lipinski definition) is 3. The Morgan fingerprint density at radius 2 is 2.07 bits per heavy atom. The molecule has 0 bridgehead atoms. The van der Waals surface area contributed by atoms with Gasteiger partial charge in [-0.3, -0.25) is 0 Å². The summed E-state index contributed by atoms with van der Waals surface area (Å²) >= 11 is 1.70. The van der Waals surface area contributed by atoms with E-state index in [2.05, 4.69) is 49.6 Å². The van der Waals surface area contributed by atoms with Crippen molar-refractivity contribution < 1.29 is 0 Å². The van der Waals surface area contributed by atoms with Gasteiger partial charge in [0.2, 0.25) is 0 Å². The number of aromatic nitrogens is 2. The summed E-state index contributed by atoms with van der Waals surface area (Å²) in [5, 5.41) is 10.6. The van der Waals surface area contributed by atoms with E-state index < -0.39 is 0 Å². The summed E-state index contributed by atoms with van der Waals surface area (Å²) in [4.78, 5) is 6.15. The minimum atomic E-state index is 0.662. The highest BCUT2D eigenvalue weighted by molar-refractivity contribution is 7.13. The Balaban J connectivity index is 1.74. The zero-order valence-corrected chi connectivity index (χ0v) is 16.8. The van der Waals surface area contributed by atoms with Gasteiger partial charge in [-0.05, 0) is 68.9 Å². The van der Waals surface area contributed by atoms with Crippen molar-refractivity contribution in [2.24, 2.45) is 5.92 Å². The molecule has 136 valence electrons. The summed E-state index contributed by atoms with van der Waals surface area (Å²) in [6, 6.07) is 14.9. The molecule has 1 aliphatic carbocycles. The topological polar surface area (TPSA) is 41.6 Å². The van der Waals surface area contributed by atoms with Gasteiger partial charge in [-0.25, -0.2) is 4.98 Å². The lowest BCUT2D eigenvalue weighted by molar-refractivity contribution is 0.502. The summed E-state index contributed by atoms with van der Waals surface area (Å²) < 4.78 is 2.23. The third kappa shape index (κ3) is 3.36. The van der Waals surface area contributed by atoms with Crippen LogP contribution in [0.2, 0.25) is 0 Å². The van der Waals surface area contributed by atoms with E-state index in [1.165, 1.54) is 17.0 Å². The van der Waals surface area contributed by atoms with Crippen LogP contribution in [-0.4, -0.2) is 9.55 Å². The van der Waals surface area contributed by atoms with E-state index in [4.69, 9.17) is 4.98 Å². The lowest BCUT2D eigenvalue weighted by Crippen LogP contribution is -2.09. The molecule has 0 unspecified atom stereocenters. The summed E-state index contributed by atoms with van der Waals surface area (Å²) in [5.41, 5.74) is 6.38. The molecule has 0 N–H and O–H groups in total. The van der Waals surface area contributed by atoms with Gasteiger partial charge in [-0.1, -0.05) is 25.1 Å². The summed E-state index contributed by atoms with van der Waals surface area (Å²) in [7, 11) is 0. The van der Waals surface area contributed by atoms with Crippen LogP contribution in [0, 0.1) is 31.1 Å². The largest absolute Gasteiger partial charge is 0.318 e. The summed E-state index contributed by atoms with van der Waals surface area (Å²) in [6.07, 6.45) is 5.32. The highest BCUT2D eigenvalue weighted by Gasteiger charge is 2.21. The molecule has 0 aliphatic heterocycles. The van der Waals surface area contributed by atoms with Crippen LogP contribution in [0.1, 0.15) is 45.9 Å². The lowest BCUT2D eigenvalue weighted by Gasteiger charge is -2.15. The van der Waals surface area contributed by atoms with E-state index in [9.17, 15) is 5.26 Å². The minimum absolute atomic E-state index is 0.662. The lowest BCUT2D eigenvalue weighted by atomic mass is 9.93. The SMILES string of the molecule is Cc1cc(/C=C(\C#N)c2nc3c(s2)C[C@H](C)CC3)c(C)n1-c1ccccc1. The van der Waals surface area contributed by atoms with Crippen LogP contribution in [0.4, 0.5) is 0 Å². The number of fused-ring (bicyclic) bond motifs is 1. The van der Waals surface area contributed by atoms with Crippen molar-refractivity contribution in [1.82, 2.24) is 9.55 Å². The van der Waals surface area contributed by atoms with Crippen molar-refractivity contribution in [1.29, 1.82) is 5.26 Å². The van der Waals surface area contributed by atoms with Crippen LogP contribution in [-0.2, 0) is 12.8 Å². The minimum Gasteiger partial charge on any atom is -0.318 e. The van der Waals surface area contributed by atoms with Gasteiger partial charge in [0.25, 0.3) is 0 Å². The molecule has 1 atom stereocenters. The molecule has 0 saturated carbocycles. The number of benzene rings is 1. The number of nitrogens with zero attached hydrogens (tertiary/aromatic N) is 3. The van der Waals surface area contributed by atoms with Gasteiger partial charge in [-0.2, -0.15) is 5.26 Å². The normalized spacial score (nSPS) is 16.8. The molecule has 0 saturated heterocycles. The first kappa shape index (κ1) is 17.8. The Morgan fingerprint density at radius 1 is 1.30 bits per heavy atom. The first-order valence-corrected chi connectivity index (χ1v) is 10.2. The van der Waals surface area contributed by atoms with Gasteiger partial charge in [0.05, 0.1) is 11.3 Å². The highest BCUT2D eigenvalue weighted by atomic mass is 32.1. The van der Waals surface area contributed by atoms with Gasteiger partial charge in [-0.15, -0.1) is 11.3 Å². The zero-order valence-electron chi connectivity index (χ0n) is 16.0. The predicted molar refractivity (Wildman–Crippen MR) is 112 cm³/mol. The molecule has 0 amide bonds. The second kappa shape index (κ2) is 7.17. The highest BCUT2D eigenvalue weighted by Crippen LogP contribution is 2.33. The zero-order chi connectivity index (χ0) is 19.0. The number of para-hydroxylation sites is 1. The molecule has 1 aliphatic rings. The summed E-state index contributed by atoms with van der Waals surface area (Å²) in [6.45, 7) is 6.50.